The molecule has 0 bridgehead atoms. The summed E-state index contributed by atoms with van der Waals surface area (Å²) in [5, 5.41) is 6.54. The second kappa shape index (κ2) is 4.54. The first-order valence-electron chi connectivity index (χ1n) is 5.23. The van der Waals surface area contributed by atoms with Crippen molar-refractivity contribution in [2.45, 2.75) is 6.54 Å². The molecule has 17 heavy (non-hydrogen) atoms. The zero-order chi connectivity index (χ0) is 11.7. The van der Waals surface area contributed by atoms with Gasteiger partial charge in [-0.25, -0.2) is 4.98 Å². The SMILES string of the molecule is NNCc1nc(-c2csc3ccccc23)cs1. The number of aromatic nitrogens is 1. The first kappa shape index (κ1) is 10.9. The van der Waals surface area contributed by atoms with E-state index in [2.05, 4.69) is 45.4 Å². The van der Waals surface area contributed by atoms with E-state index in [1.165, 1.54) is 15.6 Å². The van der Waals surface area contributed by atoms with Gasteiger partial charge in [-0.1, -0.05) is 18.2 Å². The topological polar surface area (TPSA) is 50.9 Å². The molecule has 86 valence electrons. The Morgan fingerprint density at radius 3 is 2.94 bits per heavy atom. The fraction of sp³-hybridized carbons (Fsp3) is 0.0833. The van der Waals surface area contributed by atoms with Crippen molar-refractivity contribution in [3.63, 3.8) is 0 Å². The van der Waals surface area contributed by atoms with E-state index < -0.39 is 0 Å². The van der Waals surface area contributed by atoms with Crippen LogP contribution in [0, 0.1) is 0 Å². The average molecular weight is 261 g/mol. The molecule has 0 aliphatic rings. The van der Waals surface area contributed by atoms with Crippen LogP contribution >= 0.6 is 22.7 Å². The number of hydrogen-bond donors (Lipinski definition) is 2. The highest BCUT2D eigenvalue weighted by molar-refractivity contribution is 7.17. The molecule has 2 heterocycles. The molecule has 5 heteroatoms. The lowest BCUT2D eigenvalue weighted by Gasteiger charge is -1.94. The zero-order valence-electron chi connectivity index (χ0n) is 9.01. The number of nitrogens with two attached hydrogens (primary N) is 1. The van der Waals surface area contributed by atoms with Gasteiger partial charge >= 0.3 is 0 Å². The third-order valence-corrected chi connectivity index (χ3v) is 4.37. The van der Waals surface area contributed by atoms with Crippen LogP contribution in [0.4, 0.5) is 0 Å². The van der Waals surface area contributed by atoms with Gasteiger partial charge in [-0.15, -0.1) is 22.7 Å². The van der Waals surface area contributed by atoms with E-state index in [9.17, 15) is 0 Å². The number of thiophene rings is 1. The van der Waals surface area contributed by atoms with Gasteiger partial charge in [0.1, 0.15) is 5.01 Å². The number of nitrogens with zero attached hydrogens (tertiary/aromatic N) is 1. The smallest absolute Gasteiger partial charge is 0.108 e. The first-order chi connectivity index (χ1) is 8.38. The molecule has 2 aromatic heterocycles. The lowest BCUT2D eigenvalue weighted by molar-refractivity contribution is 0.737. The van der Waals surface area contributed by atoms with E-state index >= 15 is 0 Å². The predicted molar refractivity (Wildman–Crippen MR) is 74.0 cm³/mol. The summed E-state index contributed by atoms with van der Waals surface area (Å²) >= 11 is 3.39. The van der Waals surface area contributed by atoms with Crippen LogP contribution in [-0.2, 0) is 6.54 Å². The number of thiazole rings is 1. The quantitative estimate of drug-likeness (QED) is 0.563. The van der Waals surface area contributed by atoms with Crippen molar-refractivity contribution >= 4 is 32.8 Å². The third kappa shape index (κ3) is 1.98. The highest BCUT2D eigenvalue weighted by Gasteiger charge is 2.09. The molecule has 0 unspecified atom stereocenters. The van der Waals surface area contributed by atoms with E-state index in [1.54, 1.807) is 22.7 Å². The predicted octanol–water partition coefficient (Wildman–Crippen LogP) is 2.99. The summed E-state index contributed by atoms with van der Waals surface area (Å²) in [6.07, 6.45) is 0. The summed E-state index contributed by atoms with van der Waals surface area (Å²) in [6, 6.07) is 8.40. The van der Waals surface area contributed by atoms with Crippen LogP contribution in [0.3, 0.4) is 0 Å². The van der Waals surface area contributed by atoms with Gasteiger partial charge in [0.25, 0.3) is 0 Å². The van der Waals surface area contributed by atoms with Gasteiger partial charge in [-0.2, -0.15) is 0 Å². The standard InChI is InChI=1S/C12H11N3S2/c13-14-5-12-15-10(7-17-12)9-6-16-11-4-2-1-3-8(9)11/h1-4,6-7,14H,5,13H2. The number of benzene rings is 1. The van der Waals surface area contributed by atoms with Crippen molar-refractivity contribution < 1.29 is 0 Å². The Kier molecular flexibility index (Phi) is 2.90. The van der Waals surface area contributed by atoms with Gasteiger partial charge < -0.3 is 0 Å². The summed E-state index contributed by atoms with van der Waals surface area (Å²) < 4.78 is 1.30. The van der Waals surface area contributed by atoms with Crippen LogP contribution in [0.2, 0.25) is 0 Å². The lowest BCUT2D eigenvalue weighted by atomic mass is 10.1. The Balaban J connectivity index is 2.07. The molecule has 3 rings (SSSR count). The van der Waals surface area contributed by atoms with Crippen molar-refractivity contribution in [3.8, 4) is 11.3 Å². The Hall–Kier alpha value is -1.27. The summed E-state index contributed by atoms with van der Waals surface area (Å²) in [4.78, 5) is 4.58. The maximum atomic E-state index is 5.30. The van der Waals surface area contributed by atoms with Gasteiger partial charge in [0, 0.05) is 26.4 Å². The number of fused-ring (bicyclic) bond motifs is 1. The molecule has 0 saturated heterocycles. The van der Waals surface area contributed by atoms with Crippen LogP contribution in [-0.4, -0.2) is 4.98 Å². The molecular formula is C12H11N3S2. The second-order valence-electron chi connectivity index (χ2n) is 3.65. The second-order valence-corrected chi connectivity index (χ2v) is 5.51. The van der Waals surface area contributed by atoms with Crippen LogP contribution in [0.1, 0.15) is 5.01 Å². The van der Waals surface area contributed by atoms with E-state index in [0.717, 1.165) is 10.7 Å². The molecule has 0 aliphatic carbocycles. The van der Waals surface area contributed by atoms with E-state index in [1.807, 2.05) is 0 Å². The molecule has 1 aromatic carbocycles. The Morgan fingerprint density at radius 2 is 2.06 bits per heavy atom. The van der Waals surface area contributed by atoms with Crippen molar-refractivity contribution in [3.05, 3.63) is 40.0 Å². The molecule has 0 spiro atoms. The summed E-state index contributed by atoms with van der Waals surface area (Å²) in [5.74, 6) is 5.30. The molecule has 3 N–H and O–H groups in total. The van der Waals surface area contributed by atoms with E-state index in [4.69, 9.17) is 5.84 Å². The highest BCUT2D eigenvalue weighted by atomic mass is 32.1. The van der Waals surface area contributed by atoms with Gasteiger partial charge in [0.05, 0.1) is 12.2 Å². The number of nitrogens with one attached hydrogen (secondary N) is 1. The minimum absolute atomic E-state index is 0.618. The lowest BCUT2D eigenvalue weighted by Crippen LogP contribution is -2.20. The van der Waals surface area contributed by atoms with Crippen molar-refractivity contribution in [2.24, 2.45) is 5.84 Å². The van der Waals surface area contributed by atoms with E-state index in [-0.39, 0.29) is 0 Å². The highest BCUT2D eigenvalue weighted by Crippen LogP contribution is 2.34. The van der Waals surface area contributed by atoms with E-state index in [0.29, 0.717) is 6.54 Å². The van der Waals surface area contributed by atoms with Crippen molar-refractivity contribution in [1.82, 2.24) is 10.4 Å². The average Bonchev–Trinajstić information content (AvgIpc) is 2.95. The molecular weight excluding hydrogens is 250 g/mol. The van der Waals surface area contributed by atoms with Gasteiger partial charge in [0.2, 0.25) is 0 Å². The largest absolute Gasteiger partial charge is 0.271 e. The fourth-order valence-electron chi connectivity index (χ4n) is 1.78. The normalized spacial score (nSPS) is 11.1. The van der Waals surface area contributed by atoms with Crippen LogP contribution in [0.5, 0.6) is 0 Å². The Morgan fingerprint density at radius 1 is 1.18 bits per heavy atom. The summed E-state index contributed by atoms with van der Waals surface area (Å²) in [7, 11) is 0. The first-order valence-corrected chi connectivity index (χ1v) is 6.99. The number of hydrazine groups is 1. The molecule has 3 aromatic rings. The van der Waals surface area contributed by atoms with Crippen LogP contribution in [0.25, 0.3) is 21.3 Å². The molecule has 0 aliphatic heterocycles. The van der Waals surface area contributed by atoms with Gasteiger partial charge in [-0.05, 0) is 6.07 Å². The van der Waals surface area contributed by atoms with Crippen LogP contribution in [0.15, 0.2) is 35.0 Å². The number of hydrogen-bond acceptors (Lipinski definition) is 5. The molecule has 0 atom stereocenters. The Labute approximate surface area is 107 Å². The minimum Gasteiger partial charge on any atom is -0.271 e. The maximum absolute atomic E-state index is 5.30. The zero-order valence-corrected chi connectivity index (χ0v) is 10.6. The van der Waals surface area contributed by atoms with Gasteiger partial charge in [0.15, 0.2) is 0 Å². The third-order valence-electron chi connectivity index (χ3n) is 2.56. The summed E-state index contributed by atoms with van der Waals surface area (Å²) in [5.41, 5.74) is 4.88. The summed E-state index contributed by atoms with van der Waals surface area (Å²) in [6.45, 7) is 0.618. The van der Waals surface area contributed by atoms with Gasteiger partial charge in [-0.3, -0.25) is 11.3 Å². The van der Waals surface area contributed by atoms with Crippen molar-refractivity contribution in [1.29, 1.82) is 0 Å². The maximum Gasteiger partial charge on any atom is 0.108 e. The molecule has 0 saturated carbocycles. The number of rotatable bonds is 3. The molecule has 0 fully saturated rings. The Bertz CT molecular complexity index is 642. The minimum atomic E-state index is 0.618. The fourth-order valence-corrected chi connectivity index (χ4v) is 3.48. The molecule has 0 amide bonds. The monoisotopic (exact) mass is 261 g/mol. The molecule has 3 nitrogen and oxygen atoms in total. The molecule has 0 radical (unpaired) electrons. The van der Waals surface area contributed by atoms with Crippen LogP contribution < -0.4 is 11.3 Å². The van der Waals surface area contributed by atoms with Crippen molar-refractivity contribution in [2.75, 3.05) is 0 Å².